The minimum atomic E-state index is 0.0656. The van der Waals surface area contributed by atoms with Crippen LogP contribution in [0.15, 0.2) is 18.2 Å². The second-order valence-electron chi connectivity index (χ2n) is 5.86. The van der Waals surface area contributed by atoms with Crippen LogP contribution in [0.5, 0.6) is 0 Å². The van der Waals surface area contributed by atoms with Crippen molar-refractivity contribution in [1.29, 1.82) is 0 Å². The maximum atomic E-state index is 12.3. The number of nitrogens with one attached hydrogen (secondary N) is 2. The molecule has 0 unspecified atom stereocenters. The molecule has 0 bridgehead atoms. The molecule has 0 saturated heterocycles. The number of carbonyl (C=O) groups is 1. The van der Waals surface area contributed by atoms with Crippen LogP contribution >= 0.6 is 0 Å². The zero-order chi connectivity index (χ0) is 13.2. The molecule has 0 aromatic heterocycles. The van der Waals surface area contributed by atoms with Crippen LogP contribution < -0.4 is 10.6 Å². The van der Waals surface area contributed by atoms with E-state index in [-0.39, 0.29) is 11.9 Å². The minimum absolute atomic E-state index is 0.0656. The number of hydrogen-bond acceptors (Lipinski definition) is 2. The van der Waals surface area contributed by atoms with E-state index in [4.69, 9.17) is 0 Å². The minimum Gasteiger partial charge on any atom is -0.384 e. The van der Waals surface area contributed by atoms with Crippen LogP contribution in [0.4, 0.5) is 5.69 Å². The van der Waals surface area contributed by atoms with Gasteiger partial charge >= 0.3 is 0 Å². The molecule has 1 aliphatic heterocycles. The number of anilines is 1. The predicted octanol–water partition coefficient (Wildman–Crippen LogP) is 2.96. The predicted molar refractivity (Wildman–Crippen MR) is 77.5 cm³/mol. The number of fused-ring (bicyclic) bond motifs is 1. The first-order valence-electron chi connectivity index (χ1n) is 7.42. The van der Waals surface area contributed by atoms with Crippen molar-refractivity contribution in [2.24, 2.45) is 5.92 Å². The van der Waals surface area contributed by atoms with E-state index in [0.717, 1.165) is 24.2 Å². The largest absolute Gasteiger partial charge is 0.384 e. The standard InChI is InChI=1S/C16H22N2O/c1-11(12-4-2-3-5-12)18-16(19)14-7-6-13-8-9-17-15(13)10-14/h6-7,10-12,17H,2-5,8-9H2,1H3,(H,18,19)/t11-/m0/s1. The van der Waals surface area contributed by atoms with E-state index in [1.54, 1.807) is 0 Å². The SMILES string of the molecule is C[C@H](NC(=O)c1ccc2c(c1)NCC2)C1CCCC1. The Morgan fingerprint density at radius 3 is 2.95 bits per heavy atom. The van der Waals surface area contributed by atoms with Gasteiger partial charge in [-0.1, -0.05) is 18.9 Å². The highest BCUT2D eigenvalue weighted by molar-refractivity contribution is 5.95. The van der Waals surface area contributed by atoms with E-state index < -0.39 is 0 Å². The van der Waals surface area contributed by atoms with Crippen LogP contribution in [0.2, 0.25) is 0 Å². The summed E-state index contributed by atoms with van der Waals surface area (Å²) < 4.78 is 0. The first-order chi connectivity index (χ1) is 9.24. The molecule has 1 amide bonds. The first-order valence-corrected chi connectivity index (χ1v) is 7.42. The lowest BCUT2D eigenvalue weighted by Gasteiger charge is -2.20. The van der Waals surface area contributed by atoms with Gasteiger partial charge in [-0.3, -0.25) is 4.79 Å². The molecule has 2 N–H and O–H groups in total. The van der Waals surface area contributed by atoms with Crippen molar-refractivity contribution in [2.75, 3.05) is 11.9 Å². The molecule has 1 fully saturated rings. The summed E-state index contributed by atoms with van der Waals surface area (Å²) in [6.07, 6.45) is 6.21. The molecule has 2 aliphatic rings. The Hall–Kier alpha value is -1.51. The molecule has 3 nitrogen and oxygen atoms in total. The second kappa shape index (κ2) is 5.24. The summed E-state index contributed by atoms with van der Waals surface area (Å²) in [7, 11) is 0. The van der Waals surface area contributed by atoms with Crippen LogP contribution in [0.1, 0.15) is 48.5 Å². The van der Waals surface area contributed by atoms with Crippen molar-refractivity contribution in [1.82, 2.24) is 5.32 Å². The number of carbonyl (C=O) groups excluding carboxylic acids is 1. The average Bonchev–Trinajstić information content (AvgIpc) is 3.09. The van der Waals surface area contributed by atoms with E-state index >= 15 is 0 Å². The van der Waals surface area contributed by atoms with Gasteiger partial charge in [0.05, 0.1) is 0 Å². The Morgan fingerprint density at radius 2 is 2.16 bits per heavy atom. The van der Waals surface area contributed by atoms with Crippen LogP contribution in [0, 0.1) is 5.92 Å². The van der Waals surface area contributed by atoms with E-state index in [1.165, 1.54) is 31.2 Å². The van der Waals surface area contributed by atoms with Gasteiger partial charge in [0.25, 0.3) is 5.91 Å². The third-order valence-corrected chi connectivity index (χ3v) is 4.55. The summed E-state index contributed by atoms with van der Waals surface area (Å²) in [6, 6.07) is 6.29. The highest BCUT2D eigenvalue weighted by atomic mass is 16.1. The molecule has 0 radical (unpaired) electrons. The molecule has 1 aliphatic carbocycles. The molecular formula is C16H22N2O. The molecule has 1 aromatic carbocycles. The smallest absolute Gasteiger partial charge is 0.251 e. The first kappa shape index (κ1) is 12.5. The van der Waals surface area contributed by atoms with Crippen molar-refractivity contribution >= 4 is 11.6 Å². The Balaban J connectivity index is 1.66. The van der Waals surface area contributed by atoms with Crippen LogP contribution in [0.3, 0.4) is 0 Å². The summed E-state index contributed by atoms with van der Waals surface area (Å²) >= 11 is 0. The summed E-state index contributed by atoms with van der Waals surface area (Å²) in [5.74, 6) is 0.729. The fourth-order valence-corrected chi connectivity index (χ4v) is 3.30. The molecule has 0 spiro atoms. The van der Waals surface area contributed by atoms with E-state index in [0.29, 0.717) is 5.92 Å². The molecule has 102 valence electrons. The molecule has 1 atom stereocenters. The van der Waals surface area contributed by atoms with Crippen molar-refractivity contribution in [2.45, 2.75) is 45.1 Å². The third-order valence-electron chi connectivity index (χ3n) is 4.55. The molecule has 1 heterocycles. The van der Waals surface area contributed by atoms with E-state index in [1.807, 2.05) is 12.1 Å². The Kier molecular flexibility index (Phi) is 3.45. The topological polar surface area (TPSA) is 41.1 Å². The number of amides is 1. The van der Waals surface area contributed by atoms with E-state index in [9.17, 15) is 4.79 Å². The van der Waals surface area contributed by atoms with Crippen molar-refractivity contribution < 1.29 is 4.79 Å². The van der Waals surface area contributed by atoms with Gasteiger partial charge in [-0.25, -0.2) is 0 Å². The lowest BCUT2D eigenvalue weighted by molar-refractivity contribution is 0.0927. The summed E-state index contributed by atoms with van der Waals surface area (Å²) in [5.41, 5.74) is 3.22. The second-order valence-corrected chi connectivity index (χ2v) is 5.86. The average molecular weight is 258 g/mol. The molecule has 3 rings (SSSR count). The zero-order valence-electron chi connectivity index (χ0n) is 11.5. The maximum Gasteiger partial charge on any atom is 0.251 e. The zero-order valence-corrected chi connectivity index (χ0v) is 11.5. The van der Waals surface area contributed by atoms with Gasteiger partial charge in [-0.15, -0.1) is 0 Å². The lowest BCUT2D eigenvalue weighted by atomic mass is 9.99. The van der Waals surface area contributed by atoms with Gasteiger partial charge in [-0.2, -0.15) is 0 Å². The number of hydrogen-bond donors (Lipinski definition) is 2. The summed E-state index contributed by atoms with van der Waals surface area (Å²) in [5, 5.41) is 6.49. The monoisotopic (exact) mass is 258 g/mol. The van der Waals surface area contributed by atoms with Crippen molar-refractivity contribution in [3.05, 3.63) is 29.3 Å². The van der Waals surface area contributed by atoms with Gasteiger partial charge in [-0.05, 0) is 49.8 Å². The molecule has 3 heteroatoms. The summed E-state index contributed by atoms with van der Waals surface area (Å²) in [6.45, 7) is 3.12. The Bertz CT molecular complexity index is 478. The highest BCUT2D eigenvalue weighted by Crippen LogP contribution is 2.28. The quantitative estimate of drug-likeness (QED) is 0.875. The van der Waals surface area contributed by atoms with Crippen LogP contribution in [0.25, 0.3) is 0 Å². The Morgan fingerprint density at radius 1 is 1.37 bits per heavy atom. The third kappa shape index (κ3) is 2.60. The number of rotatable bonds is 3. The molecule has 1 aromatic rings. The van der Waals surface area contributed by atoms with Gasteiger partial charge in [0, 0.05) is 23.8 Å². The van der Waals surface area contributed by atoms with E-state index in [2.05, 4.69) is 23.6 Å². The van der Waals surface area contributed by atoms with Gasteiger partial charge in [0.2, 0.25) is 0 Å². The fourth-order valence-electron chi connectivity index (χ4n) is 3.30. The molecule has 1 saturated carbocycles. The molecular weight excluding hydrogens is 236 g/mol. The van der Waals surface area contributed by atoms with Crippen LogP contribution in [-0.2, 0) is 6.42 Å². The van der Waals surface area contributed by atoms with Gasteiger partial charge < -0.3 is 10.6 Å². The Labute approximate surface area is 114 Å². The lowest BCUT2D eigenvalue weighted by Crippen LogP contribution is -2.37. The van der Waals surface area contributed by atoms with Crippen molar-refractivity contribution in [3.8, 4) is 0 Å². The van der Waals surface area contributed by atoms with Crippen LogP contribution in [-0.4, -0.2) is 18.5 Å². The van der Waals surface area contributed by atoms with Gasteiger partial charge in [0.1, 0.15) is 0 Å². The normalized spacial score (nSPS) is 19.8. The maximum absolute atomic E-state index is 12.3. The molecule has 19 heavy (non-hydrogen) atoms. The van der Waals surface area contributed by atoms with Gasteiger partial charge in [0.15, 0.2) is 0 Å². The fraction of sp³-hybridized carbons (Fsp3) is 0.562. The highest BCUT2D eigenvalue weighted by Gasteiger charge is 2.23. The number of benzene rings is 1. The van der Waals surface area contributed by atoms with Crippen molar-refractivity contribution in [3.63, 3.8) is 0 Å². The summed E-state index contributed by atoms with van der Waals surface area (Å²) in [4.78, 5) is 12.3.